The molecule has 1 aliphatic heterocycles. The Morgan fingerprint density at radius 2 is 1.84 bits per heavy atom. The average Bonchev–Trinajstić information content (AvgIpc) is 2.63. The number of nitrogens with zero attached hydrogens (tertiary/aromatic N) is 4. The van der Waals surface area contributed by atoms with Crippen molar-refractivity contribution >= 4 is 21.7 Å². The molecule has 0 bridgehead atoms. The molecule has 3 rings (SSSR count). The van der Waals surface area contributed by atoms with Crippen molar-refractivity contribution in [3.05, 3.63) is 42.2 Å². The highest BCUT2D eigenvalue weighted by Gasteiger charge is 2.20. The minimum Gasteiger partial charge on any atom is -0.341 e. The van der Waals surface area contributed by atoms with Crippen LogP contribution in [0.2, 0.25) is 0 Å². The highest BCUT2D eigenvalue weighted by Crippen LogP contribution is 2.22. The van der Waals surface area contributed by atoms with Crippen molar-refractivity contribution in [1.82, 2.24) is 9.97 Å². The zero-order chi connectivity index (χ0) is 17.9. The lowest BCUT2D eigenvalue weighted by atomic mass is 10.00. The maximum atomic E-state index is 12.5. The number of anilines is 2. The van der Waals surface area contributed by atoms with Gasteiger partial charge in [-0.25, -0.2) is 18.4 Å². The zero-order valence-electron chi connectivity index (χ0n) is 13.9. The first-order valence-electron chi connectivity index (χ1n) is 8.08. The number of piperidine rings is 1. The lowest BCUT2D eigenvalue weighted by Gasteiger charge is -2.30. The number of rotatable bonds is 4. The number of hydrogen-bond acceptors (Lipinski definition) is 6. The van der Waals surface area contributed by atoms with E-state index in [-0.39, 0.29) is 16.1 Å². The van der Waals surface area contributed by atoms with Crippen molar-refractivity contribution in [3.63, 3.8) is 0 Å². The van der Waals surface area contributed by atoms with Gasteiger partial charge >= 0.3 is 0 Å². The minimum absolute atomic E-state index is 0.0633. The molecule has 7 nitrogen and oxygen atoms in total. The third-order valence-electron chi connectivity index (χ3n) is 4.25. The fourth-order valence-corrected chi connectivity index (χ4v) is 3.94. The van der Waals surface area contributed by atoms with Crippen molar-refractivity contribution in [2.45, 2.75) is 24.7 Å². The van der Waals surface area contributed by atoms with E-state index in [1.165, 1.54) is 24.5 Å². The summed E-state index contributed by atoms with van der Waals surface area (Å²) in [4.78, 5) is 10.6. The highest BCUT2D eigenvalue weighted by atomic mass is 32.2. The molecule has 1 aliphatic rings. The minimum atomic E-state index is -3.87. The van der Waals surface area contributed by atoms with E-state index in [1.54, 1.807) is 12.1 Å². The molecule has 0 spiro atoms. The van der Waals surface area contributed by atoms with Crippen molar-refractivity contribution < 1.29 is 8.42 Å². The zero-order valence-corrected chi connectivity index (χ0v) is 14.7. The van der Waals surface area contributed by atoms with Crippen LogP contribution in [0.1, 0.15) is 25.3 Å². The quantitative estimate of drug-likeness (QED) is 0.902. The number of aromatic nitrogens is 2. The fraction of sp³-hybridized carbons (Fsp3) is 0.353. The number of hydrogen-bond donors (Lipinski definition) is 1. The summed E-state index contributed by atoms with van der Waals surface area (Å²) in [5, 5.41) is 9.07. The van der Waals surface area contributed by atoms with Crippen molar-refractivity contribution in [3.8, 4) is 6.07 Å². The summed E-state index contributed by atoms with van der Waals surface area (Å²) in [6.07, 6.45) is 5.10. The molecule has 0 atom stereocenters. The average molecular weight is 357 g/mol. The molecule has 1 N–H and O–H groups in total. The normalized spacial score (nSPS) is 15.6. The second-order valence-electron chi connectivity index (χ2n) is 6.15. The van der Waals surface area contributed by atoms with Crippen LogP contribution in [0, 0.1) is 17.2 Å². The van der Waals surface area contributed by atoms with Crippen LogP contribution >= 0.6 is 0 Å². The van der Waals surface area contributed by atoms with Gasteiger partial charge in [0.15, 0.2) is 0 Å². The Morgan fingerprint density at radius 1 is 1.20 bits per heavy atom. The summed E-state index contributed by atoms with van der Waals surface area (Å²) in [5.41, 5.74) is 0.358. The third kappa shape index (κ3) is 3.88. The van der Waals surface area contributed by atoms with E-state index in [9.17, 15) is 8.42 Å². The Bertz CT molecular complexity index is 882. The van der Waals surface area contributed by atoms with E-state index in [4.69, 9.17) is 5.26 Å². The molecule has 0 unspecified atom stereocenters. The summed E-state index contributed by atoms with van der Waals surface area (Å²) < 4.78 is 27.4. The molecular formula is C17H19N5O2S. The molecule has 1 saturated heterocycles. The second-order valence-corrected chi connectivity index (χ2v) is 7.81. The highest BCUT2D eigenvalue weighted by molar-refractivity contribution is 7.92. The van der Waals surface area contributed by atoms with E-state index < -0.39 is 10.0 Å². The SMILES string of the molecule is CC1CCN(c2ncc(NS(=O)(=O)c3ccccc3C#N)cn2)CC1. The molecular weight excluding hydrogens is 338 g/mol. The lowest BCUT2D eigenvalue weighted by Crippen LogP contribution is -2.34. The molecule has 0 amide bonds. The molecule has 0 radical (unpaired) electrons. The second kappa shape index (κ2) is 7.07. The Labute approximate surface area is 147 Å². The smallest absolute Gasteiger partial charge is 0.263 e. The van der Waals surface area contributed by atoms with Crippen molar-refractivity contribution in [2.24, 2.45) is 5.92 Å². The van der Waals surface area contributed by atoms with E-state index >= 15 is 0 Å². The van der Waals surface area contributed by atoms with Crippen molar-refractivity contribution in [1.29, 1.82) is 5.26 Å². The monoisotopic (exact) mass is 357 g/mol. The Hall–Kier alpha value is -2.66. The molecule has 1 aromatic carbocycles. The van der Waals surface area contributed by atoms with E-state index in [0.29, 0.717) is 11.9 Å². The molecule has 8 heteroatoms. The molecule has 130 valence electrons. The largest absolute Gasteiger partial charge is 0.341 e. The van der Waals surface area contributed by atoms with Gasteiger partial charge < -0.3 is 4.90 Å². The van der Waals surface area contributed by atoms with Crippen LogP contribution in [0.3, 0.4) is 0 Å². The molecule has 2 aromatic rings. The van der Waals surface area contributed by atoms with Gasteiger partial charge in [0.1, 0.15) is 11.0 Å². The van der Waals surface area contributed by atoms with E-state index in [1.807, 2.05) is 6.07 Å². The molecule has 1 aromatic heterocycles. The van der Waals surface area contributed by atoms with Gasteiger partial charge in [-0.2, -0.15) is 5.26 Å². The van der Waals surface area contributed by atoms with Gasteiger partial charge in [0.2, 0.25) is 5.95 Å². The van der Waals surface area contributed by atoms with E-state index in [0.717, 1.165) is 25.9 Å². The Kier molecular flexibility index (Phi) is 4.86. The fourth-order valence-electron chi connectivity index (χ4n) is 2.75. The standard InChI is InChI=1S/C17H19N5O2S/c1-13-6-8-22(9-7-13)17-19-11-15(12-20-17)21-25(23,24)16-5-3-2-4-14(16)10-18/h2-5,11-13,21H,6-9H2,1H3. The lowest BCUT2D eigenvalue weighted by molar-refractivity contribution is 0.434. The topological polar surface area (TPSA) is 99.0 Å². The summed E-state index contributed by atoms with van der Waals surface area (Å²) >= 11 is 0. The van der Waals surface area contributed by atoms with Gasteiger partial charge in [-0.15, -0.1) is 0 Å². The maximum absolute atomic E-state index is 12.5. The predicted molar refractivity (Wildman–Crippen MR) is 94.6 cm³/mol. The van der Waals surface area contributed by atoms with Crippen molar-refractivity contribution in [2.75, 3.05) is 22.7 Å². The predicted octanol–water partition coefficient (Wildman–Crippen LogP) is 2.39. The molecule has 1 fully saturated rings. The molecule has 25 heavy (non-hydrogen) atoms. The van der Waals surface area contributed by atoms with Crippen LogP contribution in [0.5, 0.6) is 0 Å². The van der Waals surface area contributed by atoms with Crippen LogP contribution in [0.4, 0.5) is 11.6 Å². The van der Waals surface area contributed by atoms with Gasteiger partial charge in [0.05, 0.1) is 23.6 Å². The van der Waals surface area contributed by atoms with E-state index in [2.05, 4.69) is 26.5 Å². The van der Waals surface area contributed by atoms with Gasteiger partial charge in [0, 0.05) is 13.1 Å². The maximum Gasteiger partial charge on any atom is 0.263 e. The van der Waals surface area contributed by atoms with Crippen LogP contribution in [0.25, 0.3) is 0 Å². The summed E-state index contributed by atoms with van der Waals surface area (Å²) in [7, 11) is -3.87. The number of nitriles is 1. The van der Waals surface area contributed by atoms with Gasteiger partial charge in [-0.3, -0.25) is 4.72 Å². The first kappa shape index (κ1) is 17.2. The molecule has 2 heterocycles. The summed E-state index contributed by atoms with van der Waals surface area (Å²) in [6.45, 7) is 4.04. The Balaban J connectivity index is 1.76. The Morgan fingerprint density at radius 3 is 2.48 bits per heavy atom. The first-order chi connectivity index (χ1) is 12.0. The first-order valence-corrected chi connectivity index (χ1v) is 9.57. The van der Waals surface area contributed by atoms with Gasteiger partial charge in [-0.05, 0) is 30.9 Å². The van der Waals surface area contributed by atoms with Crippen LogP contribution in [-0.2, 0) is 10.0 Å². The van der Waals surface area contributed by atoms with Crippen LogP contribution < -0.4 is 9.62 Å². The van der Waals surface area contributed by atoms with Gasteiger partial charge in [0.25, 0.3) is 10.0 Å². The van der Waals surface area contributed by atoms with Crippen LogP contribution in [0.15, 0.2) is 41.6 Å². The summed E-state index contributed by atoms with van der Waals surface area (Å²) in [5.74, 6) is 1.31. The number of nitrogens with one attached hydrogen (secondary N) is 1. The number of sulfonamides is 1. The molecule has 0 saturated carbocycles. The third-order valence-corrected chi connectivity index (χ3v) is 5.69. The molecule has 0 aliphatic carbocycles. The van der Waals surface area contributed by atoms with Gasteiger partial charge in [-0.1, -0.05) is 19.1 Å². The van der Waals surface area contributed by atoms with Crippen LogP contribution in [-0.4, -0.2) is 31.5 Å². The number of benzene rings is 1. The summed E-state index contributed by atoms with van der Waals surface area (Å²) in [6, 6.07) is 7.94.